The van der Waals surface area contributed by atoms with Crippen LogP contribution < -0.4 is 4.90 Å². The van der Waals surface area contributed by atoms with Crippen LogP contribution in [0.5, 0.6) is 0 Å². The molecule has 1 aliphatic heterocycles. The normalized spacial score (nSPS) is 18.8. The molecule has 6 heteroatoms. The Bertz CT molecular complexity index is 586. The van der Waals surface area contributed by atoms with Gasteiger partial charge in [0.25, 0.3) is 0 Å². The molecule has 0 aromatic carbocycles. The lowest BCUT2D eigenvalue weighted by molar-refractivity contribution is 0.567. The van der Waals surface area contributed by atoms with Crippen LogP contribution in [-0.2, 0) is 6.42 Å². The van der Waals surface area contributed by atoms with E-state index in [1.54, 1.807) is 11.3 Å². The highest BCUT2D eigenvalue weighted by Crippen LogP contribution is 2.36. The maximum absolute atomic E-state index is 13.8. The van der Waals surface area contributed by atoms with Gasteiger partial charge in [0.05, 0.1) is 12.2 Å². The van der Waals surface area contributed by atoms with Crippen LogP contribution in [0.3, 0.4) is 0 Å². The standard InChI is InChI=1S/C12H11ClFN3S/c1-7-8-3-5-18-10(8)2-4-17(7)11-9(14)6-15-12(13)16-11/h3,5-7H,2,4H2,1H3. The van der Waals surface area contributed by atoms with E-state index in [9.17, 15) is 4.39 Å². The smallest absolute Gasteiger partial charge is 0.224 e. The third-order valence-corrected chi connectivity index (χ3v) is 4.42. The van der Waals surface area contributed by atoms with E-state index in [1.807, 2.05) is 4.90 Å². The molecule has 2 aromatic rings. The van der Waals surface area contributed by atoms with Crippen molar-refractivity contribution in [2.24, 2.45) is 0 Å². The van der Waals surface area contributed by atoms with Crippen molar-refractivity contribution in [1.29, 1.82) is 0 Å². The fraction of sp³-hybridized carbons (Fsp3) is 0.333. The predicted octanol–water partition coefficient (Wildman–Crippen LogP) is 3.45. The summed E-state index contributed by atoms with van der Waals surface area (Å²) in [6, 6.07) is 2.21. The minimum Gasteiger partial charge on any atom is -0.347 e. The number of hydrogen-bond acceptors (Lipinski definition) is 4. The number of rotatable bonds is 1. The second-order valence-corrected chi connectivity index (χ2v) is 5.57. The van der Waals surface area contributed by atoms with Crippen LogP contribution >= 0.6 is 22.9 Å². The third kappa shape index (κ3) is 1.87. The summed E-state index contributed by atoms with van der Waals surface area (Å²) in [5.74, 6) is -0.135. The van der Waals surface area contributed by atoms with E-state index < -0.39 is 5.82 Å². The van der Waals surface area contributed by atoms with Gasteiger partial charge in [0.1, 0.15) is 0 Å². The number of halogens is 2. The lowest BCUT2D eigenvalue weighted by Crippen LogP contribution is -2.34. The molecular formula is C12H11ClFN3S. The summed E-state index contributed by atoms with van der Waals surface area (Å²) >= 11 is 7.50. The first-order valence-corrected chi connectivity index (χ1v) is 6.93. The maximum atomic E-state index is 13.8. The summed E-state index contributed by atoms with van der Waals surface area (Å²) in [7, 11) is 0. The van der Waals surface area contributed by atoms with Gasteiger partial charge in [-0.2, -0.15) is 4.98 Å². The number of anilines is 1. The molecule has 94 valence electrons. The molecule has 1 aliphatic rings. The van der Waals surface area contributed by atoms with Crippen molar-refractivity contribution < 1.29 is 4.39 Å². The quantitative estimate of drug-likeness (QED) is 0.751. The van der Waals surface area contributed by atoms with Crippen LogP contribution in [0.25, 0.3) is 0 Å². The molecule has 0 N–H and O–H groups in total. The first-order valence-electron chi connectivity index (χ1n) is 5.68. The average Bonchev–Trinajstić information content (AvgIpc) is 2.82. The zero-order valence-corrected chi connectivity index (χ0v) is 11.3. The molecule has 1 unspecified atom stereocenters. The van der Waals surface area contributed by atoms with Gasteiger partial charge in [0.15, 0.2) is 11.6 Å². The molecule has 1 atom stereocenters. The molecule has 0 spiro atoms. The monoisotopic (exact) mass is 283 g/mol. The van der Waals surface area contributed by atoms with E-state index >= 15 is 0 Å². The summed E-state index contributed by atoms with van der Waals surface area (Å²) in [6.45, 7) is 2.80. The van der Waals surface area contributed by atoms with Gasteiger partial charge < -0.3 is 4.90 Å². The van der Waals surface area contributed by atoms with Crippen LogP contribution in [0.2, 0.25) is 5.28 Å². The Morgan fingerprint density at radius 3 is 3.22 bits per heavy atom. The summed E-state index contributed by atoms with van der Waals surface area (Å²) in [6.07, 6.45) is 2.04. The predicted molar refractivity (Wildman–Crippen MR) is 70.8 cm³/mol. The first kappa shape index (κ1) is 11.9. The van der Waals surface area contributed by atoms with Crippen molar-refractivity contribution in [2.45, 2.75) is 19.4 Å². The Balaban J connectivity index is 2.01. The van der Waals surface area contributed by atoms with Gasteiger partial charge in [-0.15, -0.1) is 11.3 Å². The molecule has 0 fully saturated rings. The second-order valence-electron chi connectivity index (χ2n) is 4.23. The van der Waals surface area contributed by atoms with Gasteiger partial charge in [-0.3, -0.25) is 0 Å². The zero-order chi connectivity index (χ0) is 12.7. The highest BCUT2D eigenvalue weighted by Gasteiger charge is 2.27. The van der Waals surface area contributed by atoms with E-state index in [2.05, 4.69) is 28.3 Å². The third-order valence-electron chi connectivity index (χ3n) is 3.25. The average molecular weight is 284 g/mol. The molecule has 0 radical (unpaired) electrons. The summed E-state index contributed by atoms with van der Waals surface area (Å²) in [5, 5.41) is 2.16. The molecular weight excluding hydrogens is 273 g/mol. The van der Waals surface area contributed by atoms with E-state index in [-0.39, 0.29) is 11.3 Å². The topological polar surface area (TPSA) is 29.0 Å². The van der Waals surface area contributed by atoms with Crippen LogP contribution in [0.4, 0.5) is 10.2 Å². The maximum Gasteiger partial charge on any atom is 0.224 e. The Labute approximate surface area is 113 Å². The van der Waals surface area contributed by atoms with Gasteiger partial charge in [-0.05, 0) is 42.0 Å². The largest absolute Gasteiger partial charge is 0.347 e. The Kier molecular flexibility index (Phi) is 2.95. The van der Waals surface area contributed by atoms with Crippen LogP contribution in [0.15, 0.2) is 17.6 Å². The fourth-order valence-corrected chi connectivity index (χ4v) is 3.43. The number of fused-ring (bicyclic) bond motifs is 1. The second kappa shape index (κ2) is 4.48. The van der Waals surface area contributed by atoms with Gasteiger partial charge in [0.2, 0.25) is 5.28 Å². The number of nitrogens with zero attached hydrogens (tertiary/aromatic N) is 3. The highest BCUT2D eigenvalue weighted by molar-refractivity contribution is 7.10. The van der Waals surface area contributed by atoms with Crippen LogP contribution in [-0.4, -0.2) is 16.5 Å². The SMILES string of the molecule is CC1c2ccsc2CCN1c1nc(Cl)ncc1F. The lowest BCUT2D eigenvalue weighted by Gasteiger charge is -2.34. The Hall–Kier alpha value is -1.20. The molecule has 3 heterocycles. The molecule has 0 bridgehead atoms. The van der Waals surface area contributed by atoms with Crippen LogP contribution in [0, 0.1) is 5.82 Å². The summed E-state index contributed by atoms with van der Waals surface area (Å²) in [4.78, 5) is 11.0. The van der Waals surface area contributed by atoms with E-state index in [1.165, 1.54) is 10.4 Å². The molecule has 0 amide bonds. The number of aromatic nitrogens is 2. The minimum absolute atomic E-state index is 0.0784. The van der Waals surface area contributed by atoms with Crippen LogP contribution in [0.1, 0.15) is 23.4 Å². The lowest BCUT2D eigenvalue weighted by atomic mass is 10.0. The number of thiophene rings is 1. The number of hydrogen-bond donors (Lipinski definition) is 0. The molecule has 0 saturated carbocycles. The molecule has 3 nitrogen and oxygen atoms in total. The summed E-state index contributed by atoms with van der Waals surface area (Å²) < 4.78 is 13.8. The van der Waals surface area contributed by atoms with Gasteiger partial charge in [-0.25, -0.2) is 9.37 Å². The zero-order valence-electron chi connectivity index (χ0n) is 9.73. The van der Waals surface area contributed by atoms with Crippen molar-refractivity contribution in [3.8, 4) is 0 Å². The van der Waals surface area contributed by atoms with Gasteiger partial charge in [-0.1, -0.05) is 0 Å². The summed E-state index contributed by atoms with van der Waals surface area (Å²) in [5.41, 5.74) is 1.25. The van der Waals surface area contributed by atoms with Crippen molar-refractivity contribution in [3.63, 3.8) is 0 Å². The van der Waals surface area contributed by atoms with Crippen molar-refractivity contribution >= 4 is 28.8 Å². The molecule has 2 aromatic heterocycles. The fourth-order valence-electron chi connectivity index (χ4n) is 2.34. The van der Waals surface area contributed by atoms with E-state index in [4.69, 9.17) is 11.6 Å². The van der Waals surface area contributed by atoms with Crippen molar-refractivity contribution in [1.82, 2.24) is 9.97 Å². The Morgan fingerprint density at radius 2 is 2.39 bits per heavy atom. The van der Waals surface area contributed by atoms with Crippen molar-refractivity contribution in [3.05, 3.63) is 39.2 Å². The van der Waals surface area contributed by atoms with Gasteiger partial charge in [0, 0.05) is 11.4 Å². The van der Waals surface area contributed by atoms with Gasteiger partial charge >= 0.3 is 0 Å². The molecule has 3 rings (SSSR count). The first-order chi connectivity index (χ1) is 8.66. The molecule has 18 heavy (non-hydrogen) atoms. The molecule has 0 saturated heterocycles. The van der Waals surface area contributed by atoms with E-state index in [0.29, 0.717) is 5.82 Å². The minimum atomic E-state index is -0.426. The Morgan fingerprint density at radius 1 is 1.56 bits per heavy atom. The highest BCUT2D eigenvalue weighted by atomic mass is 35.5. The molecule has 0 aliphatic carbocycles. The van der Waals surface area contributed by atoms with E-state index in [0.717, 1.165) is 19.2 Å². The van der Waals surface area contributed by atoms with Crippen molar-refractivity contribution in [2.75, 3.05) is 11.4 Å².